The van der Waals surface area contributed by atoms with Gasteiger partial charge in [-0.25, -0.2) is 9.59 Å². The lowest BCUT2D eigenvalue weighted by Gasteiger charge is -2.43. The van der Waals surface area contributed by atoms with Crippen molar-refractivity contribution in [3.8, 4) is 0 Å². The molecule has 0 saturated carbocycles. The van der Waals surface area contributed by atoms with Crippen molar-refractivity contribution in [1.29, 1.82) is 0 Å². The summed E-state index contributed by atoms with van der Waals surface area (Å²) in [5.41, 5.74) is 4.94. The number of benzene rings is 1. The molecule has 0 radical (unpaired) electrons. The molecule has 2 saturated heterocycles. The smallest absolute Gasteiger partial charge is 0.341 e. The van der Waals surface area contributed by atoms with E-state index in [2.05, 4.69) is 10.3 Å². The molecule has 2 aliphatic heterocycles. The van der Waals surface area contributed by atoms with Crippen molar-refractivity contribution in [1.82, 2.24) is 10.2 Å². The molecule has 1 aliphatic carbocycles. The monoisotopic (exact) mass is 514 g/mol. The van der Waals surface area contributed by atoms with E-state index in [1.807, 2.05) is 0 Å². The third-order valence-corrected chi connectivity index (χ3v) is 7.64. The summed E-state index contributed by atoms with van der Waals surface area (Å²) in [4.78, 5) is 67.4. The van der Waals surface area contributed by atoms with Crippen LogP contribution in [0.2, 0.25) is 0 Å². The van der Waals surface area contributed by atoms with Crippen molar-refractivity contribution in [3.05, 3.63) is 53.3 Å². The van der Waals surface area contributed by atoms with Gasteiger partial charge in [-0.3, -0.25) is 19.4 Å². The zero-order valence-corrected chi connectivity index (χ0v) is 19.9. The Hall–Kier alpha value is -4.13. The van der Waals surface area contributed by atoms with Gasteiger partial charge in [0.15, 0.2) is 6.04 Å². The number of amides is 2. The summed E-state index contributed by atoms with van der Waals surface area (Å²) in [5, 5.41) is 31.0. The zero-order valence-electron chi connectivity index (χ0n) is 19.0. The Morgan fingerprint density at radius 3 is 2.36 bits per heavy atom. The normalized spacial score (nSPS) is 26.4. The molecule has 0 spiro atoms. The number of carboxylic acid groups (broad SMARTS) is 2. The Kier molecular flexibility index (Phi) is 6.12. The van der Waals surface area contributed by atoms with E-state index in [-0.39, 0.29) is 5.56 Å². The second-order valence-electron chi connectivity index (χ2n) is 8.89. The Balaban J connectivity index is 1.68. The number of aliphatic hydroxyl groups excluding tert-OH is 1. The number of aliphatic hydroxyl groups is 1. The molecule has 2 amide bonds. The molecule has 0 bridgehead atoms. The predicted molar refractivity (Wildman–Crippen MR) is 128 cm³/mol. The number of nitrogens with two attached hydrogens (primary N) is 1. The highest BCUT2D eigenvalue weighted by atomic mass is 32.2. The highest BCUT2D eigenvalue weighted by Gasteiger charge is 2.64. The third-order valence-electron chi connectivity index (χ3n) is 6.06. The zero-order chi connectivity index (χ0) is 26.5. The molecule has 13 heteroatoms. The van der Waals surface area contributed by atoms with Gasteiger partial charge in [0.25, 0.3) is 0 Å². The maximum absolute atomic E-state index is 13.4. The molecular formula is C23H22N4O8S. The second-order valence-corrected chi connectivity index (χ2v) is 10.7. The number of carboxylic acids is 2. The van der Waals surface area contributed by atoms with Gasteiger partial charge in [-0.15, -0.1) is 11.8 Å². The van der Waals surface area contributed by atoms with Gasteiger partial charge in [0.2, 0.25) is 17.6 Å². The minimum atomic E-state index is -1.62. The Labute approximate surface area is 208 Å². The fraction of sp³-hybridized carbons (Fsp3) is 0.304. The van der Waals surface area contributed by atoms with Crippen LogP contribution < -0.4 is 11.1 Å². The number of carbonyl (C=O) groups is 5. The number of aliphatic imine (C=N–C) groups is 1. The van der Waals surface area contributed by atoms with Crippen molar-refractivity contribution < 1.29 is 39.3 Å². The van der Waals surface area contributed by atoms with Gasteiger partial charge in [-0.05, 0) is 43.7 Å². The molecule has 2 heterocycles. The topological polar surface area (TPSA) is 200 Å². The molecule has 4 rings (SSSR count). The van der Waals surface area contributed by atoms with Gasteiger partial charge in [0.05, 0.1) is 0 Å². The molecule has 188 valence electrons. The van der Waals surface area contributed by atoms with Crippen molar-refractivity contribution in [2.75, 3.05) is 5.73 Å². The molecule has 0 unspecified atom stereocenters. The lowest BCUT2D eigenvalue weighted by atomic mass is 9.95. The highest BCUT2D eigenvalue weighted by molar-refractivity contribution is 8.01. The van der Waals surface area contributed by atoms with E-state index >= 15 is 0 Å². The third kappa shape index (κ3) is 4.11. The van der Waals surface area contributed by atoms with Crippen LogP contribution >= 0.6 is 11.8 Å². The van der Waals surface area contributed by atoms with E-state index in [9.17, 15) is 39.3 Å². The maximum atomic E-state index is 13.4. The van der Waals surface area contributed by atoms with Crippen LogP contribution in [-0.2, 0) is 24.0 Å². The van der Waals surface area contributed by atoms with E-state index in [0.717, 1.165) is 12.2 Å². The van der Waals surface area contributed by atoms with Gasteiger partial charge in [0.1, 0.15) is 34.5 Å². The number of rotatable bonds is 6. The van der Waals surface area contributed by atoms with Gasteiger partial charge >= 0.3 is 11.9 Å². The molecule has 2 fully saturated rings. The number of β-lactam (4-membered cyclic amide) rings is 1. The number of carbonyl (C=O) groups excluding carboxylic acids is 3. The number of allylic oxidation sites excluding steroid dienone is 2. The van der Waals surface area contributed by atoms with E-state index in [1.54, 1.807) is 13.8 Å². The minimum Gasteiger partial charge on any atom is -0.507 e. The number of hydrogen-bond donors (Lipinski definition) is 5. The summed E-state index contributed by atoms with van der Waals surface area (Å²) < 4.78 is -0.804. The molecular weight excluding hydrogens is 492 g/mol. The second kappa shape index (κ2) is 8.82. The Bertz CT molecular complexity index is 1280. The van der Waals surface area contributed by atoms with Crippen LogP contribution in [0.15, 0.2) is 52.7 Å². The fourth-order valence-electron chi connectivity index (χ4n) is 4.37. The Morgan fingerprint density at radius 1 is 1.14 bits per heavy atom. The van der Waals surface area contributed by atoms with Crippen LogP contribution in [0.3, 0.4) is 0 Å². The van der Waals surface area contributed by atoms with Crippen LogP contribution in [0.4, 0.5) is 5.69 Å². The lowest BCUT2D eigenvalue weighted by molar-refractivity contribution is -0.161. The summed E-state index contributed by atoms with van der Waals surface area (Å²) in [6.07, 6.45) is 1.85. The van der Waals surface area contributed by atoms with Crippen molar-refractivity contribution in [2.45, 2.75) is 42.1 Å². The van der Waals surface area contributed by atoms with E-state index in [0.29, 0.717) is 5.69 Å². The van der Waals surface area contributed by atoms with Crippen molar-refractivity contribution in [3.63, 3.8) is 0 Å². The number of thioether (sulfide) groups is 1. The highest BCUT2D eigenvalue weighted by Crippen LogP contribution is 2.50. The number of aliphatic carboxylic acids is 2. The fourth-order valence-corrected chi connectivity index (χ4v) is 6.00. The summed E-state index contributed by atoms with van der Waals surface area (Å²) in [7, 11) is 0. The van der Waals surface area contributed by atoms with Crippen LogP contribution in [0.1, 0.15) is 25.5 Å². The number of fused-ring (bicyclic) bond motifs is 1. The number of nitrogen functional groups attached to an aromatic ring is 1. The number of hydrogen-bond acceptors (Lipinski definition) is 9. The first-order chi connectivity index (χ1) is 16.8. The molecule has 4 atom stereocenters. The molecule has 6 N–H and O–H groups in total. The summed E-state index contributed by atoms with van der Waals surface area (Å²) in [6.45, 7) is 3.39. The first-order valence-corrected chi connectivity index (χ1v) is 11.6. The quantitative estimate of drug-likeness (QED) is 0.201. The molecule has 3 aliphatic rings. The molecule has 0 aromatic heterocycles. The van der Waals surface area contributed by atoms with Gasteiger partial charge < -0.3 is 31.3 Å². The van der Waals surface area contributed by atoms with Gasteiger partial charge in [-0.1, -0.05) is 12.1 Å². The average molecular weight is 515 g/mol. The minimum absolute atomic E-state index is 0.243. The number of nitrogens with zero attached hydrogens (tertiary/aromatic N) is 2. The summed E-state index contributed by atoms with van der Waals surface area (Å²) in [5.74, 6) is -5.71. The van der Waals surface area contributed by atoms with Crippen LogP contribution in [-0.4, -0.2) is 77.7 Å². The van der Waals surface area contributed by atoms with Gasteiger partial charge in [-0.2, -0.15) is 0 Å². The maximum Gasteiger partial charge on any atom is 0.341 e. The molecule has 36 heavy (non-hydrogen) atoms. The number of anilines is 1. The van der Waals surface area contributed by atoms with Crippen LogP contribution in [0.5, 0.6) is 0 Å². The number of ketones is 1. The lowest BCUT2D eigenvalue weighted by Crippen LogP contribution is -2.70. The van der Waals surface area contributed by atoms with E-state index in [4.69, 9.17) is 5.73 Å². The Morgan fingerprint density at radius 2 is 1.78 bits per heavy atom. The van der Waals surface area contributed by atoms with Crippen LogP contribution in [0, 0.1) is 0 Å². The average Bonchev–Trinajstić information content (AvgIpc) is 3.06. The number of nitrogens with one attached hydrogen (secondary N) is 1. The molecule has 12 nitrogen and oxygen atoms in total. The molecule has 1 aromatic carbocycles. The van der Waals surface area contributed by atoms with Crippen molar-refractivity contribution in [2.24, 2.45) is 4.99 Å². The van der Waals surface area contributed by atoms with Crippen molar-refractivity contribution >= 4 is 52.7 Å². The standard InChI is InChI=1S/C23H22N4O8S/c1-23(2)17(22(34)35)27-19(31)16(20(27)36-23)26-18(30)14(9-3-5-10(24)6-4-9)25-15-12(29)8-7-11(28)13(15)21(32)33/h3-8,14,16-17,20,28H,24H2,1-2H3,(H,26,30)(H,32,33)(H,34,35)/t14-,16-,17+,20-/m1/s1. The van der Waals surface area contributed by atoms with Crippen LogP contribution in [0.25, 0.3) is 0 Å². The summed E-state index contributed by atoms with van der Waals surface area (Å²) in [6, 6.07) is 2.28. The largest absolute Gasteiger partial charge is 0.507 e. The summed E-state index contributed by atoms with van der Waals surface area (Å²) >= 11 is 1.23. The molecule has 1 aromatic rings. The SMILES string of the molecule is CC1(C)S[C@@H]2[C@H](NC(=O)[C@H](N=C3C(=O)C=CC(O)=C3C(=O)O)c3ccc(N)cc3)C(=O)N2[C@H]1C(=O)O. The first kappa shape index (κ1) is 25.0. The van der Waals surface area contributed by atoms with E-state index in [1.165, 1.54) is 40.9 Å². The first-order valence-electron chi connectivity index (χ1n) is 10.7. The van der Waals surface area contributed by atoms with E-state index < -0.39 is 74.8 Å². The predicted octanol–water partition coefficient (Wildman–Crippen LogP) is 0.418. The van der Waals surface area contributed by atoms with Gasteiger partial charge in [0, 0.05) is 10.4 Å².